The van der Waals surface area contributed by atoms with Crippen LogP contribution in [0.15, 0.2) is 53.4 Å². The molecular formula is C17H18N2S. The van der Waals surface area contributed by atoms with Gasteiger partial charge in [0, 0.05) is 17.2 Å². The monoisotopic (exact) mass is 282 g/mol. The van der Waals surface area contributed by atoms with Crippen molar-refractivity contribution in [3.63, 3.8) is 0 Å². The molecule has 0 aliphatic heterocycles. The highest BCUT2D eigenvalue weighted by molar-refractivity contribution is 7.98. The minimum atomic E-state index is 0.767. The Hall–Kier alpha value is -1.76. The van der Waals surface area contributed by atoms with E-state index in [4.69, 9.17) is 5.26 Å². The van der Waals surface area contributed by atoms with Crippen LogP contribution in [0.4, 0.5) is 0 Å². The molecule has 2 aromatic rings. The SMILES string of the molecule is CCNCc1ccc(SCc2ccccc2C#N)cc1. The van der Waals surface area contributed by atoms with Gasteiger partial charge in [0.05, 0.1) is 11.6 Å². The molecule has 0 aliphatic carbocycles. The first-order chi connectivity index (χ1) is 9.83. The third-order valence-corrected chi connectivity index (χ3v) is 4.10. The summed E-state index contributed by atoms with van der Waals surface area (Å²) in [6.45, 7) is 4.01. The van der Waals surface area contributed by atoms with Crippen molar-refractivity contribution in [1.82, 2.24) is 5.32 Å². The summed E-state index contributed by atoms with van der Waals surface area (Å²) in [5, 5.41) is 12.4. The zero-order valence-corrected chi connectivity index (χ0v) is 12.4. The van der Waals surface area contributed by atoms with Gasteiger partial charge in [-0.25, -0.2) is 0 Å². The molecule has 0 spiro atoms. The molecule has 1 N–H and O–H groups in total. The number of hydrogen-bond acceptors (Lipinski definition) is 3. The van der Waals surface area contributed by atoms with Crippen LogP contribution in [0.2, 0.25) is 0 Å². The third kappa shape index (κ3) is 4.12. The smallest absolute Gasteiger partial charge is 0.0994 e. The predicted molar refractivity (Wildman–Crippen MR) is 84.5 cm³/mol. The molecule has 2 rings (SSSR count). The fourth-order valence-electron chi connectivity index (χ4n) is 1.89. The van der Waals surface area contributed by atoms with Gasteiger partial charge in [0.1, 0.15) is 0 Å². The van der Waals surface area contributed by atoms with Crippen LogP contribution >= 0.6 is 11.8 Å². The Morgan fingerprint density at radius 2 is 1.85 bits per heavy atom. The summed E-state index contributed by atoms with van der Waals surface area (Å²) in [6, 6.07) is 18.6. The average Bonchev–Trinajstić information content (AvgIpc) is 2.52. The van der Waals surface area contributed by atoms with Crippen molar-refractivity contribution < 1.29 is 0 Å². The van der Waals surface area contributed by atoms with Gasteiger partial charge in [-0.2, -0.15) is 5.26 Å². The van der Waals surface area contributed by atoms with Gasteiger partial charge in [0.15, 0.2) is 0 Å². The summed E-state index contributed by atoms with van der Waals surface area (Å²) >= 11 is 1.76. The largest absolute Gasteiger partial charge is 0.313 e. The number of hydrogen-bond donors (Lipinski definition) is 1. The second-order valence-corrected chi connectivity index (χ2v) is 5.53. The van der Waals surface area contributed by atoms with Crippen LogP contribution in [-0.2, 0) is 12.3 Å². The molecule has 0 unspecified atom stereocenters. The lowest BCUT2D eigenvalue weighted by molar-refractivity contribution is 0.726. The second-order valence-electron chi connectivity index (χ2n) is 4.48. The standard InChI is InChI=1S/C17H18N2S/c1-2-19-12-14-7-9-17(10-8-14)20-13-16-6-4-3-5-15(16)11-18/h3-10,19H,2,12-13H2,1H3. The van der Waals surface area contributed by atoms with Gasteiger partial charge in [-0.3, -0.25) is 0 Å². The van der Waals surface area contributed by atoms with Crippen LogP contribution in [0.25, 0.3) is 0 Å². The normalized spacial score (nSPS) is 10.2. The van der Waals surface area contributed by atoms with Gasteiger partial charge < -0.3 is 5.32 Å². The molecule has 0 bridgehead atoms. The Balaban J connectivity index is 1.95. The van der Waals surface area contributed by atoms with E-state index in [0.29, 0.717) is 0 Å². The molecule has 0 saturated heterocycles. The highest BCUT2D eigenvalue weighted by Gasteiger charge is 2.02. The van der Waals surface area contributed by atoms with Gasteiger partial charge in [0.2, 0.25) is 0 Å². The van der Waals surface area contributed by atoms with Crippen molar-refractivity contribution in [3.8, 4) is 6.07 Å². The van der Waals surface area contributed by atoms with Gasteiger partial charge in [-0.15, -0.1) is 11.8 Å². The van der Waals surface area contributed by atoms with Crippen LogP contribution in [0.5, 0.6) is 0 Å². The molecule has 2 nitrogen and oxygen atoms in total. The number of nitrogens with one attached hydrogen (secondary N) is 1. The van der Waals surface area contributed by atoms with E-state index < -0.39 is 0 Å². The van der Waals surface area contributed by atoms with Crippen molar-refractivity contribution >= 4 is 11.8 Å². The van der Waals surface area contributed by atoms with Crippen molar-refractivity contribution in [2.75, 3.05) is 6.54 Å². The highest BCUT2D eigenvalue weighted by Crippen LogP contribution is 2.24. The number of benzene rings is 2. The van der Waals surface area contributed by atoms with Gasteiger partial charge >= 0.3 is 0 Å². The first-order valence-electron chi connectivity index (χ1n) is 6.74. The Kier molecular flexibility index (Phi) is 5.67. The van der Waals surface area contributed by atoms with E-state index in [1.54, 1.807) is 11.8 Å². The predicted octanol–water partition coefficient (Wildman–Crippen LogP) is 3.96. The molecule has 0 fully saturated rings. The van der Waals surface area contributed by atoms with E-state index in [9.17, 15) is 0 Å². The van der Waals surface area contributed by atoms with Crippen LogP contribution in [0.1, 0.15) is 23.6 Å². The summed E-state index contributed by atoms with van der Waals surface area (Å²) in [6.07, 6.45) is 0. The summed E-state index contributed by atoms with van der Waals surface area (Å²) < 4.78 is 0. The van der Waals surface area contributed by atoms with Gasteiger partial charge in [-0.05, 0) is 35.9 Å². The van der Waals surface area contributed by atoms with Gasteiger partial charge in [-0.1, -0.05) is 37.3 Å². The number of thioether (sulfide) groups is 1. The van der Waals surface area contributed by atoms with E-state index in [1.807, 2.05) is 24.3 Å². The molecule has 0 aromatic heterocycles. The number of rotatable bonds is 6. The first kappa shape index (κ1) is 14.6. The lowest BCUT2D eigenvalue weighted by Crippen LogP contribution is -2.11. The fourth-order valence-corrected chi connectivity index (χ4v) is 2.79. The Labute approximate surface area is 124 Å². The minimum absolute atomic E-state index is 0.767. The number of nitriles is 1. The van der Waals surface area contributed by atoms with E-state index >= 15 is 0 Å². The maximum absolute atomic E-state index is 9.07. The maximum Gasteiger partial charge on any atom is 0.0994 e. The zero-order valence-electron chi connectivity index (χ0n) is 11.6. The molecule has 0 radical (unpaired) electrons. The molecule has 0 aliphatic rings. The molecule has 102 valence electrons. The van der Waals surface area contributed by atoms with Gasteiger partial charge in [0.25, 0.3) is 0 Å². The van der Waals surface area contributed by atoms with E-state index in [-0.39, 0.29) is 0 Å². The van der Waals surface area contributed by atoms with Crippen molar-refractivity contribution in [1.29, 1.82) is 5.26 Å². The van der Waals surface area contributed by atoms with Crippen molar-refractivity contribution in [2.45, 2.75) is 24.1 Å². The molecule has 2 aromatic carbocycles. The topological polar surface area (TPSA) is 35.8 Å². The molecule has 0 saturated carbocycles. The van der Waals surface area contributed by atoms with E-state index in [2.05, 4.69) is 42.6 Å². The van der Waals surface area contributed by atoms with Crippen molar-refractivity contribution in [3.05, 3.63) is 65.2 Å². The average molecular weight is 282 g/mol. The highest BCUT2D eigenvalue weighted by atomic mass is 32.2. The summed E-state index contributed by atoms with van der Waals surface area (Å²) in [7, 11) is 0. The summed E-state index contributed by atoms with van der Waals surface area (Å²) in [4.78, 5) is 1.23. The third-order valence-electron chi connectivity index (χ3n) is 3.03. The lowest BCUT2D eigenvalue weighted by Gasteiger charge is -2.06. The number of nitrogens with zero attached hydrogens (tertiary/aromatic N) is 1. The summed E-state index contributed by atoms with van der Waals surface area (Å²) in [5.74, 6) is 0.830. The van der Waals surface area contributed by atoms with E-state index in [1.165, 1.54) is 10.5 Å². The molecule has 20 heavy (non-hydrogen) atoms. The lowest BCUT2D eigenvalue weighted by atomic mass is 10.1. The second kappa shape index (κ2) is 7.74. The minimum Gasteiger partial charge on any atom is -0.313 e. The van der Waals surface area contributed by atoms with Crippen LogP contribution in [0.3, 0.4) is 0 Å². The van der Waals surface area contributed by atoms with Crippen LogP contribution < -0.4 is 5.32 Å². The van der Waals surface area contributed by atoms with Crippen LogP contribution in [-0.4, -0.2) is 6.54 Å². The summed E-state index contributed by atoms with van der Waals surface area (Å²) in [5.41, 5.74) is 3.16. The zero-order chi connectivity index (χ0) is 14.2. The fraction of sp³-hybridized carbons (Fsp3) is 0.235. The Morgan fingerprint density at radius 3 is 2.55 bits per heavy atom. The molecular weight excluding hydrogens is 264 g/mol. The molecule has 3 heteroatoms. The van der Waals surface area contributed by atoms with E-state index in [0.717, 1.165) is 30.0 Å². The molecule has 0 atom stereocenters. The Bertz CT molecular complexity index is 585. The first-order valence-corrected chi connectivity index (χ1v) is 7.72. The quantitative estimate of drug-likeness (QED) is 0.815. The van der Waals surface area contributed by atoms with Crippen molar-refractivity contribution in [2.24, 2.45) is 0 Å². The molecule has 0 amide bonds. The molecule has 0 heterocycles. The maximum atomic E-state index is 9.07. The Morgan fingerprint density at radius 1 is 1.10 bits per heavy atom. The van der Waals surface area contributed by atoms with Crippen LogP contribution in [0, 0.1) is 11.3 Å².